The molecule has 0 aliphatic carbocycles. The normalized spacial score (nSPS) is 18.0. The number of aryl methyl sites for hydroxylation is 2. The zero-order valence-corrected chi connectivity index (χ0v) is 16.5. The number of carbonyl (C=O) groups is 2. The standard InChI is InChI=1S/C21H23NO3S/c1-12-9-13(2)11-14(10-12)22-17(15-7-6-8-26-15)16(18(23)20(22)25)19(24)21(3,4)5/h6-11,17,23H,1-5H3. The fourth-order valence-corrected chi connectivity index (χ4v) is 4.14. The summed E-state index contributed by atoms with van der Waals surface area (Å²) >= 11 is 1.47. The number of hydrogen-bond acceptors (Lipinski definition) is 4. The van der Waals surface area contributed by atoms with E-state index >= 15 is 0 Å². The number of thiophene rings is 1. The van der Waals surface area contributed by atoms with Crippen molar-refractivity contribution in [1.29, 1.82) is 0 Å². The Morgan fingerprint density at radius 3 is 2.27 bits per heavy atom. The number of benzene rings is 1. The average molecular weight is 369 g/mol. The Kier molecular flexibility index (Phi) is 4.53. The number of rotatable bonds is 3. The van der Waals surface area contributed by atoms with Crippen LogP contribution in [0.25, 0.3) is 0 Å². The van der Waals surface area contributed by atoms with Gasteiger partial charge >= 0.3 is 0 Å². The number of carbonyl (C=O) groups excluding carboxylic acids is 2. The minimum atomic E-state index is -0.697. The van der Waals surface area contributed by atoms with Gasteiger partial charge in [0.05, 0.1) is 5.57 Å². The largest absolute Gasteiger partial charge is 0.503 e. The van der Waals surface area contributed by atoms with Crippen molar-refractivity contribution in [1.82, 2.24) is 0 Å². The van der Waals surface area contributed by atoms with Gasteiger partial charge in [0.25, 0.3) is 5.91 Å². The van der Waals surface area contributed by atoms with E-state index in [9.17, 15) is 14.7 Å². The highest BCUT2D eigenvalue weighted by molar-refractivity contribution is 7.10. The molecule has 1 amide bonds. The molecule has 1 atom stereocenters. The maximum absolute atomic E-state index is 13.0. The molecule has 136 valence electrons. The van der Waals surface area contributed by atoms with Gasteiger partial charge in [0.2, 0.25) is 0 Å². The van der Waals surface area contributed by atoms with Crippen molar-refractivity contribution in [2.45, 2.75) is 40.7 Å². The lowest BCUT2D eigenvalue weighted by Crippen LogP contribution is -2.32. The lowest BCUT2D eigenvalue weighted by molar-refractivity contribution is -0.123. The van der Waals surface area contributed by atoms with Gasteiger partial charge in [0.15, 0.2) is 11.5 Å². The number of amides is 1. The highest BCUT2D eigenvalue weighted by Gasteiger charge is 2.47. The van der Waals surface area contributed by atoms with E-state index in [0.717, 1.165) is 16.0 Å². The summed E-state index contributed by atoms with van der Waals surface area (Å²) in [6, 6.07) is 9.02. The van der Waals surface area contributed by atoms with E-state index in [2.05, 4.69) is 0 Å². The molecule has 3 rings (SSSR count). The molecule has 0 bridgehead atoms. The van der Waals surface area contributed by atoms with Crippen LogP contribution in [0.15, 0.2) is 47.0 Å². The third kappa shape index (κ3) is 3.07. The van der Waals surface area contributed by atoms with Crippen molar-refractivity contribution in [3.8, 4) is 0 Å². The van der Waals surface area contributed by atoms with Gasteiger partial charge in [-0.2, -0.15) is 0 Å². The van der Waals surface area contributed by atoms with E-state index in [1.54, 1.807) is 25.7 Å². The molecule has 1 aliphatic heterocycles. The first-order chi connectivity index (χ1) is 12.1. The zero-order valence-electron chi connectivity index (χ0n) is 15.7. The number of aliphatic hydroxyl groups excluding tert-OH is 1. The van der Waals surface area contributed by atoms with Crippen LogP contribution < -0.4 is 4.90 Å². The van der Waals surface area contributed by atoms with E-state index in [1.165, 1.54) is 11.3 Å². The smallest absolute Gasteiger partial charge is 0.294 e. The topological polar surface area (TPSA) is 57.6 Å². The fraction of sp³-hybridized carbons (Fsp3) is 0.333. The maximum Gasteiger partial charge on any atom is 0.294 e. The number of anilines is 1. The van der Waals surface area contributed by atoms with Crippen molar-refractivity contribution < 1.29 is 14.7 Å². The van der Waals surface area contributed by atoms with E-state index < -0.39 is 23.1 Å². The molecule has 2 aromatic rings. The number of ketones is 1. The summed E-state index contributed by atoms with van der Waals surface area (Å²) in [5.74, 6) is -1.18. The predicted octanol–water partition coefficient (Wildman–Crippen LogP) is 4.88. The quantitative estimate of drug-likeness (QED) is 0.839. The van der Waals surface area contributed by atoms with E-state index in [4.69, 9.17) is 0 Å². The Balaban J connectivity index is 2.20. The molecule has 0 spiro atoms. The second kappa shape index (κ2) is 6.40. The molecular formula is C21H23NO3S. The second-order valence-electron chi connectivity index (χ2n) is 7.78. The lowest BCUT2D eigenvalue weighted by atomic mass is 9.83. The Bertz CT molecular complexity index is 884. The van der Waals surface area contributed by atoms with Gasteiger partial charge in [0.1, 0.15) is 6.04 Å². The molecule has 4 nitrogen and oxygen atoms in total. The average Bonchev–Trinajstić information content (AvgIpc) is 3.12. The molecule has 2 heterocycles. The van der Waals surface area contributed by atoms with Crippen LogP contribution in [0.2, 0.25) is 0 Å². The zero-order chi connectivity index (χ0) is 19.2. The van der Waals surface area contributed by atoms with Gasteiger partial charge in [-0.25, -0.2) is 0 Å². The first-order valence-corrected chi connectivity index (χ1v) is 9.42. The molecule has 0 fully saturated rings. The highest BCUT2D eigenvalue weighted by atomic mass is 32.1. The van der Waals surface area contributed by atoms with Crippen molar-refractivity contribution >= 4 is 28.7 Å². The van der Waals surface area contributed by atoms with E-state index in [0.29, 0.717) is 5.69 Å². The van der Waals surface area contributed by atoms with Crippen LogP contribution in [0.3, 0.4) is 0 Å². The number of Topliss-reactive ketones (excluding diaryl/α,β-unsaturated/α-hetero) is 1. The predicted molar refractivity (Wildman–Crippen MR) is 105 cm³/mol. The van der Waals surface area contributed by atoms with Crippen molar-refractivity contribution in [2.24, 2.45) is 5.41 Å². The Morgan fingerprint density at radius 2 is 1.77 bits per heavy atom. The molecule has 26 heavy (non-hydrogen) atoms. The van der Waals surface area contributed by atoms with Crippen molar-refractivity contribution in [3.05, 3.63) is 63.0 Å². The van der Waals surface area contributed by atoms with Crippen LogP contribution in [0.1, 0.15) is 42.8 Å². The van der Waals surface area contributed by atoms with Crippen molar-refractivity contribution in [2.75, 3.05) is 4.90 Å². The van der Waals surface area contributed by atoms with Crippen LogP contribution in [0, 0.1) is 19.3 Å². The minimum Gasteiger partial charge on any atom is -0.503 e. The first-order valence-electron chi connectivity index (χ1n) is 8.54. The Labute approximate surface area is 157 Å². The first kappa shape index (κ1) is 18.4. The molecule has 0 saturated heterocycles. The van der Waals surface area contributed by atoms with E-state index in [-0.39, 0.29) is 11.4 Å². The molecule has 1 aromatic carbocycles. The summed E-state index contributed by atoms with van der Waals surface area (Å²) in [5, 5.41) is 12.5. The van der Waals surface area contributed by atoms with Crippen molar-refractivity contribution in [3.63, 3.8) is 0 Å². The molecule has 1 unspecified atom stereocenters. The fourth-order valence-electron chi connectivity index (χ4n) is 3.31. The van der Waals surface area contributed by atoms with Gasteiger partial charge in [-0.3, -0.25) is 14.5 Å². The molecule has 1 N–H and O–H groups in total. The van der Waals surface area contributed by atoms with Gasteiger partial charge in [0, 0.05) is 16.0 Å². The monoisotopic (exact) mass is 369 g/mol. The minimum absolute atomic E-state index is 0.184. The van der Waals surface area contributed by atoms with E-state index in [1.807, 2.05) is 49.6 Å². The van der Waals surface area contributed by atoms with Crippen LogP contribution in [0.4, 0.5) is 5.69 Å². The maximum atomic E-state index is 13.0. The molecule has 0 saturated carbocycles. The third-order valence-electron chi connectivity index (χ3n) is 4.43. The van der Waals surface area contributed by atoms with Gasteiger partial charge < -0.3 is 5.11 Å². The molecule has 5 heteroatoms. The molecule has 1 aliphatic rings. The number of nitrogens with zero attached hydrogens (tertiary/aromatic N) is 1. The summed E-state index contributed by atoms with van der Waals surface area (Å²) in [7, 11) is 0. The third-order valence-corrected chi connectivity index (χ3v) is 5.36. The van der Waals surface area contributed by atoms with Gasteiger partial charge in [-0.1, -0.05) is 32.9 Å². The number of aliphatic hydroxyl groups is 1. The highest BCUT2D eigenvalue weighted by Crippen LogP contribution is 2.44. The van der Waals surface area contributed by atoms with Crippen LogP contribution in [-0.4, -0.2) is 16.8 Å². The summed E-state index contributed by atoms with van der Waals surface area (Å²) < 4.78 is 0. The number of hydrogen-bond donors (Lipinski definition) is 1. The lowest BCUT2D eigenvalue weighted by Gasteiger charge is -2.28. The summed E-state index contributed by atoms with van der Waals surface area (Å²) in [5.41, 5.74) is 2.22. The second-order valence-corrected chi connectivity index (χ2v) is 8.76. The summed E-state index contributed by atoms with van der Waals surface area (Å²) in [6.45, 7) is 9.32. The van der Waals surface area contributed by atoms with Crippen LogP contribution in [-0.2, 0) is 9.59 Å². The molecule has 1 aromatic heterocycles. The Morgan fingerprint density at radius 1 is 1.15 bits per heavy atom. The van der Waals surface area contributed by atoms with Gasteiger partial charge in [-0.05, 0) is 48.6 Å². The van der Waals surface area contributed by atoms with Gasteiger partial charge in [-0.15, -0.1) is 11.3 Å². The molecular weight excluding hydrogens is 346 g/mol. The molecule has 0 radical (unpaired) electrons. The van der Waals surface area contributed by atoms with Crippen LogP contribution >= 0.6 is 11.3 Å². The Hall–Kier alpha value is -2.40. The summed E-state index contributed by atoms with van der Waals surface area (Å²) in [6.07, 6.45) is 0. The summed E-state index contributed by atoms with van der Waals surface area (Å²) in [4.78, 5) is 28.4. The SMILES string of the molecule is Cc1cc(C)cc(N2C(=O)C(O)=C(C(=O)C(C)(C)C)C2c2cccs2)c1. The van der Waals surface area contributed by atoms with Crippen LogP contribution in [0.5, 0.6) is 0 Å².